The molecule has 48 valence electrons. The lowest BCUT2D eigenvalue weighted by molar-refractivity contribution is -0.119. The molecule has 0 bridgehead atoms. The Kier molecular flexibility index (Phi) is 3.24. The van der Waals surface area contributed by atoms with Gasteiger partial charge in [0.05, 0.1) is 0 Å². The average molecular weight is 115 g/mol. The Morgan fingerprint density at radius 1 is 1.75 bits per heavy atom. The second kappa shape index (κ2) is 3.47. The molecule has 0 fully saturated rings. The molecule has 1 atom stereocenters. The molecular weight excluding hydrogens is 102 g/mol. The van der Waals surface area contributed by atoms with Crippen LogP contribution in [0.1, 0.15) is 27.2 Å². The first-order chi connectivity index (χ1) is 3.66. The SMILES string of the molecule is CCC(C)NC(C)=O. The zero-order valence-corrected chi connectivity index (χ0v) is 5.69. The van der Waals surface area contributed by atoms with Crippen molar-refractivity contribution in [3.05, 3.63) is 0 Å². The molecule has 0 spiro atoms. The van der Waals surface area contributed by atoms with Crippen LogP contribution in [0.15, 0.2) is 0 Å². The number of hydrogen-bond acceptors (Lipinski definition) is 1. The Labute approximate surface area is 50.3 Å². The number of hydrogen-bond donors (Lipinski definition) is 1. The number of carbonyl (C=O) groups is 1. The first kappa shape index (κ1) is 7.47. The van der Waals surface area contributed by atoms with Crippen LogP contribution in [0.5, 0.6) is 0 Å². The van der Waals surface area contributed by atoms with Gasteiger partial charge < -0.3 is 5.32 Å². The molecule has 0 aromatic carbocycles. The maximum atomic E-state index is 10.3. The topological polar surface area (TPSA) is 29.1 Å². The number of nitrogens with one attached hydrogen (secondary N) is 1. The molecule has 0 saturated heterocycles. The molecule has 1 unspecified atom stereocenters. The van der Waals surface area contributed by atoms with E-state index in [0.717, 1.165) is 6.42 Å². The van der Waals surface area contributed by atoms with Crippen molar-refractivity contribution in [3.8, 4) is 0 Å². The molecule has 2 nitrogen and oxygen atoms in total. The first-order valence-electron chi connectivity index (χ1n) is 2.94. The van der Waals surface area contributed by atoms with Gasteiger partial charge >= 0.3 is 0 Å². The van der Waals surface area contributed by atoms with Crippen molar-refractivity contribution in [2.45, 2.75) is 33.2 Å². The van der Waals surface area contributed by atoms with Gasteiger partial charge in [-0.25, -0.2) is 0 Å². The number of rotatable bonds is 2. The van der Waals surface area contributed by atoms with Crippen LogP contribution >= 0.6 is 0 Å². The van der Waals surface area contributed by atoms with E-state index >= 15 is 0 Å². The monoisotopic (exact) mass is 115 g/mol. The second-order valence-corrected chi connectivity index (χ2v) is 2.01. The van der Waals surface area contributed by atoms with Gasteiger partial charge in [0, 0.05) is 13.0 Å². The van der Waals surface area contributed by atoms with E-state index in [9.17, 15) is 4.79 Å². The fourth-order valence-electron chi connectivity index (χ4n) is 0.449. The molecule has 0 saturated carbocycles. The summed E-state index contributed by atoms with van der Waals surface area (Å²) in [6.07, 6.45) is 1.000. The lowest BCUT2D eigenvalue weighted by Gasteiger charge is -2.07. The van der Waals surface area contributed by atoms with E-state index in [1.807, 2.05) is 13.8 Å². The summed E-state index contributed by atoms with van der Waals surface area (Å²) in [6, 6.07) is 0.326. The van der Waals surface area contributed by atoms with E-state index in [1.165, 1.54) is 6.92 Å². The summed E-state index contributed by atoms with van der Waals surface area (Å²) in [5, 5.41) is 2.75. The molecule has 0 rings (SSSR count). The summed E-state index contributed by atoms with van der Waals surface area (Å²) in [5.41, 5.74) is 0. The Hall–Kier alpha value is -0.530. The van der Waals surface area contributed by atoms with Gasteiger partial charge in [-0.2, -0.15) is 0 Å². The van der Waals surface area contributed by atoms with Crippen LogP contribution in [0.2, 0.25) is 0 Å². The van der Waals surface area contributed by atoms with Crippen molar-refractivity contribution in [2.24, 2.45) is 0 Å². The van der Waals surface area contributed by atoms with Crippen molar-refractivity contribution < 1.29 is 4.79 Å². The van der Waals surface area contributed by atoms with Crippen molar-refractivity contribution in [3.63, 3.8) is 0 Å². The normalized spacial score (nSPS) is 12.9. The minimum Gasteiger partial charge on any atom is -0.354 e. The van der Waals surface area contributed by atoms with Crippen molar-refractivity contribution in [1.82, 2.24) is 5.32 Å². The summed E-state index contributed by atoms with van der Waals surface area (Å²) in [4.78, 5) is 10.3. The van der Waals surface area contributed by atoms with Gasteiger partial charge in [0.25, 0.3) is 0 Å². The largest absolute Gasteiger partial charge is 0.354 e. The predicted octanol–water partition coefficient (Wildman–Crippen LogP) is 0.921. The summed E-state index contributed by atoms with van der Waals surface area (Å²) in [7, 11) is 0. The molecule has 1 amide bonds. The van der Waals surface area contributed by atoms with Crippen LogP contribution < -0.4 is 5.32 Å². The Balaban J connectivity index is 3.24. The van der Waals surface area contributed by atoms with Crippen LogP contribution in [-0.4, -0.2) is 11.9 Å². The molecule has 0 aromatic heterocycles. The van der Waals surface area contributed by atoms with Crippen LogP contribution in [0.25, 0.3) is 0 Å². The minimum absolute atomic E-state index is 0.0550. The maximum absolute atomic E-state index is 10.3. The molecule has 0 aliphatic heterocycles. The van der Waals surface area contributed by atoms with Crippen molar-refractivity contribution >= 4 is 5.91 Å². The van der Waals surface area contributed by atoms with Crippen LogP contribution in [0.4, 0.5) is 0 Å². The Morgan fingerprint density at radius 3 is 2.38 bits per heavy atom. The molecule has 8 heavy (non-hydrogen) atoms. The quantitative estimate of drug-likeness (QED) is 0.569. The fourth-order valence-corrected chi connectivity index (χ4v) is 0.449. The van der Waals surface area contributed by atoms with E-state index in [0.29, 0.717) is 6.04 Å². The van der Waals surface area contributed by atoms with E-state index in [2.05, 4.69) is 5.32 Å². The first-order valence-corrected chi connectivity index (χ1v) is 2.94. The highest BCUT2D eigenvalue weighted by Crippen LogP contribution is 1.85. The van der Waals surface area contributed by atoms with Gasteiger partial charge in [-0.3, -0.25) is 4.79 Å². The molecule has 0 aliphatic rings. The third kappa shape index (κ3) is 3.65. The molecule has 0 heterocycles. The lowest BCUT2D eigenvalue weighted by Crippen LogP contribution is -2.29. The summed E-state index contributed by atoms with van der Waals surface area (Å²) < 4.78 is 0. The van der Waals surface area contributed by atoms with E-state index in [-0.39, 0.29) is 5.91 Å². The van der Waals surface area contributed by atoms with Gasteiger partial charge in [-0.1, -0.05) is 6.92 Å². The smallest absolute Gasteiger partial charge is 0.217 e. The molecule has 1 N–H and O–H groups in total. The zero-order chi connectivity index (χ0) is 6.57. The minimum atomic E-state index is 0.0550. The molecule has 0 aliphatic carbocycles. The molecule has 0 radical (unpaired) electrons. The summed E-state index contributed by atoms with van der Waals surface area (Å²) in [6.45, 7) is 5.56. The Bertz CT molecular complexity index is 80.6. The second-order valence-electron chi connectivity index (χ2n) is 2.01. The zero-order valence-electron chi connectivity index (χ0n) is 5.69. The predicted molar refractivity (Wildman–Crippen MR) is 33.6 cm³/mol. The Morgan fingerprint density at radius 2 is 2.25 bits per heavy atom. The highest BCUT2D eigenvalue weighted by molar-refractivity contribution is 5.73. The van der Waals surface area contributed by atoms with Crippen molar-refractivity contribution in [1.29, 1.82) is 0 Å². The summed E-state index contributed by atoms with van der Waals surface area (Å²) in [5.74, 6) is 0.0550. The maximum Gasteiger partial charge on any atom is 0.217 e. The fraction of sp³-hybridized carbons (Fsp3) is 0.833. The number of amides is 1. The van der Waals surface area contributed by atoms with E-state index < -0.39 is 0 Å². The van der Waals surface area contributed by atoms with Gasteiger partial charge in [-0.05, 0) is 13.3 Å². The van der Waals surface area contributed by atoms with Gasteiger partial charge in [0.1, 0.15) is 0 Å². The van der Waals surface area contributed by atoms with E-state index in [4.69, 9.17) is 0 Å². The highest BCUT2D eigenvalue weighted by atomic mass is 16.1. The number of carbonyl (C=O) groups excluding carboxylic acids is 1. The molecule has 0 aromatic rings. The van der Waals surface area contributed by atoms with Gasteiger partial charge in [0.2, 0.25) is 5.91 Å². The third-order valence-electron chi connectivity index (χ3n) is 1.06. The van der Waals surface area contributed by atoms with Gasteiger partial charge in [0.15, 0.2) is 0 Å². The lowest BCUT2D eigenvalue weighted by atomic mass is 10.3. The van der Waals surface area contributed by atoms with Crippen LogP contribution in [-0.2, 0) is 4.79 Å². The summed E-state index contributed by atoms with van der Waals surface area (Å²) >= 11 is 0. The average Bonchev–Trinajstić information content (AvgIpc) is 1.65. The van der Waals surface area contributed by atoms with Crippen LogP contribution in [0, 0.1) is 0 Å². The standard InChI is InChI=1S/C6H13NO/c1-4-5(2)7-6(3)8/h5H,4H2,1-3H3,(H,7,8). The van der Waals surface area contributed by atoms with E-state index in [1.54, 1.807) is 0 Å². The van der Waals surface area contributed by atoms with Crippen molar-refractivity contribution in [2.75, 3.05) is 0 Å². The van der Waals surface area contributed by atoms with Crippen LogP contribution in [0.3, 0.4) is 0 Å². The highest BCUT2D eigenvalue weighted by Gasteiger charge is 1.96. The molecular formula is C6H13NO. The molecule has 2 heteroatoms. The van der Waals surface area contributed by atoms with Gasteiger partial charge in [-0.15, -0.1) is 0 Å². The third-order valence-corrected chi connectivity index (χ3v) is 1.06.